The molecule has 1 fully saturated rings. The van der Waals surface area contributed by atoms with E-state index < -0.39 is 41.2 Å². The maximum absolute atomic E-state index is 9.36. The van der Waals surface area contributed by atoms with Gasteiger partial charge in [0.05, 0.1) is 25.4 Å². The van der Waals surface area contributed by atoms with Crippen LogP contribution in [0.4, 0.5) is 0 Å². The monoisotopic (exact) mass is 493 g/mol. The summed E-state index contributed by atoms with van der Waals surface area (Å²) in [5.41, 5.74) is 10.4. The first-order valence-corrected chi connectivity index (χ1v) is 17.6. The van der Waals surface area contributed by atoms with Crippen LogP contribution in [0.2, 0.25) is 36.3 Å². The van der Waals surface area contributed by atoms with E-state index in [1.165, 1.54) is 0 Å². The molecule has 0 amide bonds. The van der Waals surface area contributed by atoms with Gasteiger partial charge in [-0.05, 0) is 47.4 Å². The van der Waals surface area contributed by atoms with E-state index in [0.29, 0.717) is 13.2 Å². The van der Waals surface area contributed by atoms with Gasteiger partial charge in [0.2, 0.25) is 0 Å². The van der Waals surface area contributed by atoms with Crippen molar-refractivity contribution in [1.29, 1.82) is 0 Å². The van der Waals surface area contributed by atoms with Gasteiger partial charge in [-0.2, -0.15) is 0 Å². The molecule has 0 aromatic heterocycles. The second-order valence-electron chi connectivity index (χ2n) is 12.0. The van der Waals surface area contributed by atoms with Crippen LogP contribution < -0.4 is 0 Å². The number of azide groups is 1. The first kappa shape index (κ1) is 28.0. The Kier molecular flexibility index (Phi) is 9.01. The summed E-state index contributed by atoms with van der Waals surface area (Å²) in [5, 5.41) is 4.13. The number of nitrogens with zero attached hydrogens (tertiary/aromatic N) is 3. The number of ether oxygens (including phenoxy) is 2. The third-order valence-corrected chi connectivity index (χ3v) is 16.2. The highest BCUT2D eigenvalue weighted by Gasteiger charge is 2.53. The second kappa shape index (κ2) is 10.6. The zero-order chi connectivity index (χ0) is 25.1. The van der Waals surface area contributed by atoms with Crippen molar-refractivity contribution in [3.05, 3.63) is 46.3 Å². The molecule has 4 atom stereocenters. The van der Waals surface area contributed by atoms with E-state index in [1.807, 2.05) is 30.3 Å². The standard InChI is InChI=1S/C24H43N3O4Si2/c1-23(2,3)32(7,8)30-21-20(26-27-25)19(17-28-16-18-14-12-11-13-15-18)29-22(21)31-33(9,10)24(4,5)6/h11-15,19-22H,16-17H2,1-10H3/t19-,20-,21?,22+/m1/s1. The fourth-order valence-electron chi connectivity index (χ4n) is 3.11. The minimum atomic E-state index is -2.19. The molecule has 33 heavy (non-hydrogen) atoms. The molecule has 0 saturated carbocycles. The molecule has 0 radical (unpaired) electrons. The van der Waals surface area contributed by atoms with Gasteiger partial charge in [0.1, 0.15) is 6.10 Å². The molecule has 7 nitrogen and oxygen atoms in total. The van der Waals surface area contributed by atoms with Crippen molar-refractivity contribution in [2.75, 3.05) is 6.61 Å². The number of rotatable bonds is 9. The second-order valence-corrected chi connectivity index (χ2v) is 21.5. The molecule has 1 unspecified atom stereocenters. The predicted octanol–water partition coefficient (Wildman–Crippen LogP) is 7.02. The Hall–Kier alpha value is -1.20. The zero-order valence-electron chi connectivity index (χ0n) is 22.1. The lowest BCUT2D eigenvalue weighted by Gasteiger charge is -2.43. The molecule has 0 spiro atoms. The molecule has 0 aliphatic carbocycles. The first-order valence-electron chi connectivity index (χ1n) is 11.8. The van der Waals surface area contributed by atoms with Crippen molar-refractivity contribution in [1.82, 2.24) is 0 Å². The van der Waals surface area contributed by atoms with Gasteiger partial charge in [0.25, 0.3) is 0 Å². The van der Waals surface area contributed by atoms with E-state index in [9.17, 15) is 5.53 Å². The molecule has 1 aliphatic heterocycles. The fraction of sp³-hybridized carbons (Fsp3) is 0.750. The SMILES string of the molecule is CC(C)(C)[Si](C)(C)OC1[C@H](O[Si](C)(C)C(C)(C)C)O[C@H](COCc2ccccc2)[C@H]1N=[N+]=[N-]. The van der Waals surface area contributed by atoms with E-state index >= 15 is 0 Å². The van der Waals surface area contributed by atoms with Crippen LogP contribution in [0.3, 0.4) is 0 Å². The Bertz CT molecular complexity index is 815. The molecule has 186 valence electrons. The third kappa shape index (κ3) is 7.15. The maximum atomic E-state index is 9.36. The molecule has 2 rings (SSSR count). The predicted molar refractivity (Wildman–Crippen MR) is 138 cm³/mol. The summed E-state index contributed by atoms with van der Waals surface area (Å²) < 4.78 is 25.8. The molecule has 1 saturated heterocycles. The Morgan fingerprint density at radius 2 is 1.48 bits per heavy atom. The Labute approximate surface area is 202 Å². The maximum Gasteiger partial charge on any atom is 0.195 e. The van der Waals surface area contributed by atoms with Crippen molar-refractivity contribution in [2.45, 2.75) is 109 Å². The highest BCUT2D eigenvalue weighted by atomic mass is 28.4. The highest BCUT2D eigenvalue weighted by Crippen LogP contribution is 2.43. The highest BCUT2D eigenvalue weighted by molar-refractivity contribution is 6.74. The number of hydrogen-bond acceptors (Lipinski definition) is 5. The van der Waals surface area contributed by atoms with Crippen LogP contribution in [0.5, 0.6) is 0 Å². The Morgan fingerprint density at radius 1 is 0.939 bits per heavy atom. The van der Waals surface area contributed by atoms with Crippen LogP contribution in [0, 0.1) is 0 Å². The summed E-state index contributed by atoms with van der Waals surface area (Å²) in [6.07, 6.45) is -1.50. The van der Waals surface area contributed by atoms with Gasteiger partial charge in [-0.3, -0.25) is 0 Å². The topological polar surface area (TPSA) is 85.7 Å². The smallest absolute Gasteiger partial charge is 0.195 e. The van der Waals surface area contributed by atoms with E-state index in [0.717, 1.165) is 5.56 Å². The van der Waals surface area contributed by atoms with Gasteiger partial charge in [0, 0.05) is 4.91 Å². The molecule has 9 heteroatoms. The zero-order valence-corrected chi connectivity index (χ0v) is 24.1. The van der Waals surface area contributed by atoms with Crippen LogP contribution >= 0.6 is 0 Å². The Balaban J connectivity index is 2.29. The molecule has 1 aromatic carbocycles. The number of hydrogen-bond donors (Lipinski definition) is 0. The lowest BCUT2D eigenvalue weighted by Crippen LogP contribution is -2.52. The van der Waals surface area contributed by atoms with E-state index in [-0.39, 0.29) is 10.1 Å². The molecular weight excluding hydrogens is 450 g/mol. The van der Waals surface area contributed by atoms with Crippen molar-refractivity contribution in [3.63, 3.8) is 0 Å². The molecular formula is C24H43N3O4Si2. The fourth-order valence-corrected chi connectivity index (χ4v) is 5.52. The van der Waals surface area contributed by atoms with Crippen LogP contribution in [0.15, 0.2) is 35.4 Å². The van der Waals surface area contributed by atoms with Gasteiger partial charge in [0.15, 0.2) is 22.9 Å². The lowest BCUT2D eigenvalue weighted by molar-refractivity contribution is -0.126. The van der Waals surface area contributed by atoms with Crippen LogP contribution in [0.25, 0.3) is 10.4 Å². The van der Waals surface area contributed by atoms with E-state index in [4.69, 9.17) is 18.3 Å². The summed E-state index contributed by atoms with van der Waals surface area (Å²) in [7, 11) is -4.35. The summed E-state index contributed by atoms with van der Waals surface area (Å²) in [6.45, 7) is 22.7. The van der Waals surface area contributed by atoms with Crippen LogP contribution in [-0.4, -0.2) is 47.8 Å². The largest absolute Gasteiger partial charge is 0.408 e. The summed E-state index contributed by atoms with van der Waals surface area (Å²) in [4.78, 5) is 3.14. The molecule has 0 N–H and O–H groups in total. The van der Waals surface area contributed by atoms with Crippen molar-refractivity contribution in [3.8, 4) is 0 Å². The van der Waals surface area contributed by atoms with Gasteiger partial charge >= 0.3 is 0 Å². The van der Waals surface area contributed by atoms with Crippen molar-refractivity contribution in [2.24, 2.45) is 5.11 Å². The third-order valence-electron chi connectivity index (χ3n) is 7.33. The Morgan fingerprint density at radius 3 is 2.00 bits per heavy atom. The lowest BCUT2D eigenvalue weighted by atomic mass is 10.1. The van der Waals surface area contributed by atoms with Crippen LogP contribution in [0.1, 0.15) is 47.1 Å². The van der Waals surface area contributed by atoms with Crippen LogP contribution in [-0.2, 0) is 24.9 Å². The number of benzene rings is 1. The average Bonchev–Trinajstić information content (AvgIpc) is 2.97. The van der Waals surface area contributed by atoms with Crippen molar-refractivity contribution < 1.29 is 18.3 Å². The van der Waals surface area contributed by atoms with Gasteiger partial charge in [-0.15, -0.1) is 0 Å². The van der Waals surface area contributed by atoms with Gasteiger partial charge < -0.3 is 18.3 Å². The van der Waals surface area contributed by atoms with Gasteiger partial charge in [-0.1, -0.05) is 77.0 Å². The molecule has 0 bridgehead atoms. The minimum absolute atomic E-state index is 0.00265. The molecule has 1 heterocycles. The van der Waals surface area contributed by atoms with Gasteiger partial charge in [-0.25, -0.2) is 0 Å². The molecule has 1 aromatic rings. The van der Waals surface area contributed by atoms with E-state index in [1.54, 1.807) is 0 Å². The average molecular weight is 494 g/mol. The van der Waals surface area contributed by atoms with Crippen molar-refractivity contribution >= 4 is 16.6 Å². The summed E-state index contributed by atoms with van der Waals surface area (Å²) in [6, 6.07) is 9.47. The summed E-state index contributed by atoms with van der Waals surface area (Å²) in [5.74, 6) is 0. The quantitative estimate of drug-likeness (QED) is 0.160. The minimum Gasteiger partial charge on any atom is -0.408 e. The normalized spacial score (nSPS) is 24.5. The van der Waals surface area contributed by atoms with E-state index in [2.05, 4.69) is 77.8 Å². The first-order chi connectivity index (χ1) is 15.1. The summed E-state index contributed by atoms with van der Waals surface area (Å²) >= 11 is 0. The molecule has 1 aliphatic rings.